The van der Waals surface area contributed by atoms with Gasteiger partial charge in [0.25, 0.3) is 0 Å². The summed E-state index contributed by atoms with van der Waals surface area (Å²) in [6.45, 7) is 4.93. The van der Waals surface area contributed by atoms with Crippen molar-refractivity contribution >= 4 is 11.9 Å². The predicted octanol–water partition coefficient (Wildman–Crippen LogP) is 23.5. The average Bonchev–Trinajstić information content (AvgIpc) is 3.46. The molecule has 6 heteroatoms. The van der Waals surface area contributed by atoms with E-state index in [4.69, 9.17) is 4.74 Å². The quantitative estimate of drug-likeness (QED) is 0.0320. The average molecular weight is 1120 g/mol. The summed E-state index contributed by atoms with van der Waals surface area (Å²) in [6.07, 6.45) is 89.6. The molecule has 0 fully saturated rings. The number of rotatable bonds is 68. The van der Waals surface area contributed by atoms with Crippen LogP contribution < -0.4 is 5.32 Å². The van der Waals surface area contributed by atoms with Crippen LogP contribution in [0.15, 0.2) is 36.5 Å². The molecule has 0 aliphatic heterocycles. The summed E-state index contributed by atoms with van der Waals surface area (Å²) in [5.41, 5.74) is 0. The molecule has 0 bridgehead atoms. The molecule has 80 heavy (non-hydrogen) atoms. The van der Waals surface area contributed by atoms with Crippen LogP contribution >= 0.6 is 0 Å². The first-order valence-corrected chi connectivity index (χ1v) is 36.3. The molecule has 3 N–H and O–H groups in total. The Morgan fingerprint density at radius 3 is 0.950 bits per heavy atom. The monoisotopic (exact) mass is 1120 g/mol. The van der Waals surface area contributed by atoms with Gasteiger partial charge in [-0.25, -0.2) is 0 Å². The smallest absolute Gasteiger partial charge is 0.305 e. The van der Waals surface area contributed by atoms with Gasteiger partial charge in [0.15, 0.2) is 0 Å². The zero-order valence-electron chi connectivity index (χ0n) is 54.1. The van der Waals surface area contributed by atoms with Crippen molar-refractivity contribution in [3.05, 3.63) is 36.5 Å². The van der Waals surface area contributed by atoms with E-state index in [9.17, 15) is 19.8 Å². The fourth-order valence-corrected chi connectivity index (χ4v) is 11.4. The van der Waals surface area contributed by atoms with Gasteiger partial charge >= 0.3 is 5.97 Å². The number of nitrogens with one attached hydrogen (secondary N) is 1. The summed E-state index contributed by atoms with van der Waals surface area (Å²) < 4.78 is 5.50. The van der Waals surface area contributed by atoms with Crippen molar-refractivity contribution in [1.82, 2.24) is 5.32 Å². The number of aliphatic hydroxyl groups excluding tert-OH is 2. The third kappa shape index (κ3) is 65.2. The molecule has 0 spiro atoms. The Labute approximate surface area is 500 Å². The lowest BCUT2D eigenvalue weighted by Gasteiger charge is -2.20. The number of ether oxygens (including phenoxy) is 1. The topological polar surface area (TPSA) is 95.9 Å². The molecule has 0 rings (SSSR count). The highest BCUT2D eigenvalue weighted by Gasteiger charge is 2.18. The Kier molecular flexibility index (Phi) is 67.9. The summed E-state index contributed by atoms with van der Waals surface area (Å²) in [7, 11) is 0. The minimum atomic E-state index is -0.842. The molecule has 2 atom stereocenters. The van der Waals surface area contributed by atoms with Gasteiger partial charge < -0.3 is 20.3 Å². The molecule has 0 aromatic heterocycles. The Hall–Kier alpha value is -1.92. The van der Waals surface area contributed by atoms with Gasteiger partial charge in [-0.3, -0.25) is 9.59 Å². The van der Waals surface area contributed by atoms with Gasteiger partial charge in [0.1, 0.15) is 0 Å². The van der Waals surface area contributed by atoms with Crippen LogP contribution in [0, 0.1) is 0 Å². The molecule has 6 nitrogen and oxygen atoms in total. The van der Waals surface area contributed by atoms with Gasteiger partial charge in [0.2, 0.25) is 5.91 Å². The lowest BCUT2D eigenvalue weighted by atomic mass is 10.0. The number of esters is 1. The maximum absolute atomic E-state index is 12.5. The van der Waals surface area contributed by atoms with E-state index in [-0.39, 0.29) is 18.5 Å². The van der Waals surface area contributed by atoms with Crippen molar-refractivity contribution < 1.29 is 24.5 Å². The largest absolute Gasteiger partial charge is 0.466 e. The Bertz CT molecular complexity index is 1300. The number of hydrogen-bond acceptors (Lipinski definition) is 5. The second kappa shape index (κ2) is 69.6. The van der Waals surface area contributed by atoms with Crippen molar-refractivity contribution in [3.8, 4) is 0 Å². The van der Waals surface area contributed by atoms with Crippen molar-refractivity contribution in [3.63, 3.8) is 0 Å². The predicted molar refractivity (Wildman–Crippen MR) is 352 cm³/mol. The zero-order chi connectivity index (χ0) is 57.8. The third-order valence-electron chi connectivity index (χ3n) is 16.9. The van der Waals surface area contributed by atoms with Crippen LogP contribution in [0.3, 0.4) is 0 Å². The Morgan fingerprint density at radius 1 is 0.350 bits per heavy atom. The summed E-state index contributed by atoms with van der Waals surface area (Å²) in [6, 6.07) is -0.626. The third-order valence-corrected chi connectivity index (χ3v) is 16.9. The SMILES string of the molecule is CCCCCCCCCCCCC/C=C/C(O)C(CO)NC(=O)CCCCCCCCCCCCCCCCCCC/C=C\C/C=C\CCCCCCCCCCCOC(=O)CCCCCCCCCCCCCCCCCCC. The number of amides is 1. The molecule has 0 aliphatic carbocycles. The molecule has 2 unspecified atom stereocenters. The lowest BCUT2D eigenvalue weighted by Crippen LogP contribution is -2.45. The van der Waals surface area contributed by atoms with Crippen LogP contribution in [0.4, 0.5) is 0 Å². The molecule has 0 aliphatic rings. The molecule has 472 valence electrons. The first-order chi connectivity index (χ1) is 39.5. The van der Waals surface area contributed by atoms with E-state index >= 15 is 0 Å². The Morgan fingerprint density at radius 2 is 0.625 bits per heavy atom. The number of allylic oxidation sites excluding steroid dienone is 5. The van der Waals surface area contributed by atoms with Crippen molar-refractivity contribution in [2.75, 3.05) is 13.2 Å². The van der Waals surface area contributed by atoms with Gasteiger partial charge in [0.05, 0.1) is 25.4 Å². The van der Waals surface area contributed by atoms with Crippen molar-refractivity contribution in [2.24, 2.45) is 0 Å². The normalized spacial score (nSPS) is 12.7. The summed E-state index contributed by atoms with van der Waals surface area (Å²) in [5.74, 6) is -0.0465. The molecule has 0 aromatic carbocycles. The van der Waals surface area contributed by atoms with Crippen LogP contribution in [0.25, 0.3) is 0 Å². The molecule has 0 radical (unpaired) electrons. The lowest BCUT2D eigenvalue weighted by molar-refractivity contribution is -0.143. The van der Waals surface area contributed by atoms with Crippen LogP contribution in [-0.2, 0) is 14.3 Å². The molecular weight excluding hydrogens is 983 g/mol. The van der Waals surface area contributed by atoms with Crippen molar-refractivity contribution in [2.45, 2.75) is 411 Å². The number of hydrogen-bond donors (Lipinski definition) is 3. The summed E-state index contributed by atoms with van der Waals surface area (Å²) in [5, 5.41) is 23.1. The fraction of sp³-hybridized carbons (Fsp3) is 0.892. The fourth-order valence-electron chi connectivity index (χ4n) is 11.4. The standard InChI is InChI=1S/C74H141NO5/c1-3-5-7-9-11-13-15-17-18-36-40-44-48-52-56-60-64-68-74(79)80-69-65-61-57-53-49-45-41-38-35-33-31-29-27-25-23-21-19-20-22-24-26-28-30-32-34-37-39-43-47-51-55-59-63-67-73(78)75-71(70-76)72(77)66-62-58-54-50-46-42-16-14-12-10-8-6-4-2/h23,25,29,31,62,66,71-72,76-77H,3-22,24,26-28,30,32-61,63-65,67-70H2,1-2H3,(H,75,78)/b25-23-,31-29-,66-62+. The maximum Gasteiger partial charge on any atom is 0.305 e. The van der Waals surface area contributed by atoms with E-state index in [2.05, 4.69) is 43.5 Å². The summed E-state index contributed by atoms with van der Waals surface area (Å²) >= 11 is 0. The van der Waals surface area contributed by atoms with E-state index in [1.165, 1.54) is 327 Å². The van der Waals surface area contributed by atoms with E-state index in [0.717, 1.165) is 44.9 Å². The molecule has 0 saturated heterocycles. The molecule has 0 saturated carbocycles. The van der Waals surface area contributed by atoms with Crippen LogP contribution in [-0.4, -0.2) is 47.4 Å². The molecule has 1 amide bonds. The number of carbonyl (C=O) groups is 2. The highest BCUT2D eigenvalue weighted by molar-refractivity contribution is 5.76. The first kappa shape index (κ1) is 78.1. The summed E-state index contributed by atoms with van der Waals surface area (Å²) in [4.78, 5) is 24.6. The Balaban J connectivity index is 3.37. The van der Waals surface area contributed by atoms with Gasteiger partial charge in [-0.15, -0.1) is 0 Å². The van der Waals surface area contributed by atoms with Crippen LogP contribution in [0.5, 0.6) is 0 Å². The molecule has 0 aromatic rings. The van der Waals surface area contributed by atoms with Gasteiger partial charge in [0, 0.05) is 12.8 Å². The minimum absolute atomic E-state index is 0.0183. The van der Waals surface area contributed by atoms with E-state index in [1.54, 1.807) is 6.08 Å². The van der Waals surface area contributed by atoms with Gasteiger partial charge in [-0.1, -0.05) is 359 Å². The zero-order valence-corrected chi connectivity index (χ0v) is 54.1. The van der Waals surface area contributed by atoms with Gasteiger partial charge in [-0.05, 0) is 64.2 Å². The number of unbranched alkanes of at least 4 members (excludes halogenated alkanes) is 53. The van der Waals surface area contributed by atoms with E-state index in [1.807, 2.05) is 6.08 Å². The first-order valence-electron chi connectivity index (χ1n) is 36.3. The molecular formula is C74H141NO5. The maximum atomic E-state index is 12.5. The van der Waals surface area contributed by atoms with Crippen molar-refractivity contribution in [1.29, 1.82) is 0 Å². The highest BCUT2D eigenvalue weighted by Crippen LogP contribution is 2.19. The molecule has 0 heterocycles. The number of carbonyl (C=O) groups excluding carboxylic acids is 2. The van der Waals surface area contributed by atoms with Crippen LogP contribution in [0.2, 0.25) is 0 Å². The van der Waals surface area contributed by atoms with Crippen LogP contribution in [0.1, 0.15) is 399 Å². The highest BCUT2D eigenvalue weighted by atomic mass is 16.5. The van der Waals surface area contributed by atoms with E-state index < -0.39 is 12.1 Å². The minimum Gasteiger partial charge on any atom is -0.466 e. The van der Waals surface area contributed by atoms with Gasteiger partial charge in [-0.2, -0.15) is 0 Å². The van der Waals surface area contributed by atoms with E-state index in [0.29, 0.717) is 19.4 Å². The second-order valence-electron chi connectivity index (χ2n) is 24.9. The second-order valence-corrected chi connectivity index (χ2v) is 24.9. The number of aliphatic hydroxyl groups is 2.